The van der Waals surface area contributed by atoms with Crippen molar-refractivity contribution in [3.05, 3.63) is 48.5 Å². The number of carbonyl (C=O) groups excluding carboxylic acids is 2. The molecule has 1 aliphatic carbocycles. The van der Waals surface area contributed by atoms with E-state index in [1.54, 1.807) is 48.5 Å². The second-order valence-corrected chi connectivity index (χ2v) is 6.56. The maximum absolute atomic E-state index is 12.9. The monoisotopic (exact) mass is 354 g/mol. The van der Waals surface area contributed by atoms with Gasteiger partial charge in [-0.1, -0.05) is 19.3 Å². The molecule has 0 radical (unpaired) electrons. The summed E-state index contributed by atoms with van der Waals surface area (Å²) in [4.78, 5) is 25.8. The van der Waals surface area contributed by atoms with Gasteiger partial charge in [-0.25, -0.2) is 0 Å². The molecule has 0 aliphatic heterocycles. The number of carbonyl (C=O) groups is 2. The Kier molecular flexibility index (Phi) is 5.11. The van der Waals surface area contributed by atoms with E-state index in [1.807, 2.05) is 0 Å². The van der Waals surface area contributed by atoms with Gasteiger partial charge in [0.15, 0.2) is 5.41 Å². The van der Waals surface area contributed by atoms with Crippen molar-refractivity contribution < 1.29 is 19.1 Å². The molecule has 1 aliphatic rings. The van der Waals surface area contributed by atoms with Gasteiger partial charge in [0.25, 0.3) is 0 Å². The number of anilines is 2. The van der Waals surface area contributed by atoms with Crippen molar-refractivity contribution in [3.63, 3.8) is 0 Å². The Balaban J connectivity index is 1.80. The molecule has 0 bridgehead atoms. The van der Waals surface area contributed by atoms with Crippen LogP contribution in [0.4, 0.5) is 11.4 Å². The van der Waals surface area contributed by atoms with Gasteiger partial charge in [-0.2, -0.15) is 0 Å². The van der Waals surface area contributed by atoms with Crippen LogP contribution in [-0.2, 0) is 9.59 Å². The summed E-state index contributed by atoms with van der Waals surface area (Å²) in [6.07, 6.45) is 3.34. The van der Waals surface area contributed by atoms with Crippen LogP contribution >= 0.6 is 0 Å². The number of hydrogen-bond donors (Lipinski definition) is 2. The first kappa shape index (κ1) is 17.8. The minimum Gasteiger partial charge on any atom is -0.426 e. The van der Waals surface area contributed by atoms with E-state index in [-0.39, 0.29) is 0 Å². The van der Waals surface area contributed by atoms with E-state index in [4.69, 9.17) is 20.9 Å². The van der Waals surface area contributed by atoms with E-state index in [0.29, 0.717) is 35.7 Å². The predicted molar refractivity (Wildman–Crippen MR) is 98.5 cm³/mol. The Bertz CT molecular complexity index is 717. The van der Waals surface area contributed by atoms with Crippen LogP contribution in [0.15, 0.2) is 48.5 Å². The molecule has 6 heteroatoms. The normalized spacial score (nSPS) is 15.8. The molecule has 136 valence electrons. The summed E-state index contributed by atoms with van der Waals surface area (Å²) in [5.41, 5.74) is 11.1. The molecule has 0 spiro atoms. The number of ether oxygens (including phenoxy) is 2. The van der Waals surface area contributed by atoms with E-state index < -0.39 is 17.4 Å². The Morgan fingerprint density at radius 2 is 1.08 bits per heavy atom. The summed E-state index contributed by atoms with van der Waals surface area (Å²) in [7, 11) is 0. The van der Waals surface area contributed by atoms with Gasteiger partial charge < -0.3 is 20.9 Å². The largest absolute Gasteiger partial charge is 0.426 e. The average molecular weight is 354 g/mol. The van der Waals surface area contributed by atoms with Gasteiger partial charge in [0.05, 0.1) is 0 Å². The molecule has 2 aromatic rings. The molecule has 0 atom stereocenters. The zero-order valence-corrected chi connectivity index (χ0v) is 14.4. The molecule has 0 aromatic heterocycles. The topological polar surface area (TPSA) is 105 Å². The lowest BCUT2D eigenvalue weighted by Gasteiger charge is -2.32. The van der Waals surface area contributed by atoms with Gasteiger partial charge in [-0.3, -0.25) is 9.59 Å². The molecule has 4 N–H and O–H groups in total. The predicted octanol–water partition coefficient (Wildman–Crippen LogP) is 3.31. The Morgan fingerprint density at radius 1 is 0.692 bits per heavy atom. The van der Waals surface area contributed by atoms with Gasteiger partial charge in [0.1, 0.15) is 11.5 Å². The van der Waals surface area contributed by atoms with Crippen LogP contribution in [0.3, 0.4) is 0 Å². The van der Waals surface area contributed by atoms with Crippen LogP contribution in [0.1, 0.15) is 32.1 Å². The zero-order valence-electron chi connectivity index (χ0n) is 14.4. The quantitative estimate of drug-likeness (QED) is 0.378. The number of hydrogen-bond acceptors (Lipinski definition) is 6. The van der Waals surface area contributed by atoms with E-state index in [0.717, 1.165) is 19.3 Å². The number of benzene rings is 2. The molecular formula is C20H22N2O4. The van der Waals surface area contributed by atoms with Crippen LogP contribution in [0.2, 0.25) is 0 Å². The Labute approximate surface area is 152 Å². The summed E-state index contributed by atoms with van der Waals surface area (Å²) in [6, 6.07) is 13.0. The third-order valence-corrected chi connectivity index (χ3v) is 4.67. The van der Waals surface area contributed by atoms with E-state index in [2.05, 4.69) is 0 Å². The van der Waals surface area contributed by atoms with Crippen LogP contribution in [0.5, 0.6) is 11.5 Å². The molecule has 1 fully saturated rings. The maximum atomic E-state index is 12.9. The van der Waals surface area contributed by atoms with Gasteiger partial charge in [-0.15, -0.1) is 0 Å². The highest BCUT2D eigenvalue weighted by Crippen LogP contribution is 2.39. The molecule has 0 amide bonds. The van der Waals surface area contributed by atoms with Gasteiger partial charge in [-0.05, 0) is 61.4 Å². The molecular weight excluding hydrogens is 332 g/mol. The number of nitrogen functional groups attached to an aromatic ring is 2. The highest BCUT2D eigenvalue weighted by Gasteiger charge is 2.50. The van der Waals surface area contributed by atoms with Crippen molar-refractivity contribution in [3.8, 4) is 11.5 Å². The lowest BCUT2D eigenvalue weighted by Crippen LogP contribution is -2.46. The highest BCUT2D eigenvalue weighted by molar-refractivity contribution is 6.01. The lowest BCUT2D eigenvalue weighted by atomic mass is 9.74. The van der Waals surface area contributed by atoms with E-state index in [9.17, 15) is 9.59 Å². The number of esters is 2. The molecule has 26 heavy (non-hydrogen) atoms. The lowest BCUT2D eigenvalue weighted by molar-refractivity contribution is -0.163. The van der Waals surface area contributed by atoms with Crippen molar-refractivity contribution in [2.75, 3.05) is 11.5 Å². The maximum Gasteiger partial charge on any atom is 0.328 e. The van der Waals surface area contributed by atoms with Gasteiger partial charge >= 0.3 is 11.9 Å². The van der Waals surface area contributed by atoms with Crippen molar-refractivity contribution in [1.82, 2.24) is 0 Å². The first-order valence-electron chi connectivity index (χ1n) is 8.65. The number of rotatable bonds is 4. The molecule has 3 rings (SSSR count). The first-order chi connectivity index (χ1) is 12.5. The van der Waals surface area contributed by atoms with Crippen LogP contribution < -0.4 is 20.9 Å². The number of nitrogens with two attached hydrogens (primary N) is 2. The summed E-state index contributed by atoms with van der Waals surface area (Å²) in [5, 5.41) is 0. The molecule has 0 heterocycles. The SMILES string of the molecule is Nc1ccc(OC(=O)C2(C(=O)Oc3ccc(N)cc3)CCCCC2)cc1. The molecule has 1 saturated carbocycles. The van der Waals surface area contributed by atoms with Crippen LogP contribution in [-0.4, -0.2) is 11.9 Å². The molecule has 2 aromatic carbocycles. The van der Waals surface area contributed by atoms with Crippen molar-refractivity contribution in [1.29, 1.82) is 0 Å². The van der Waals surface area contributed by atoms with Crippen LogP contribution in [0.25, 0.3) is 0 Å². The first-order valence-corrected chi connectivity index (χ1v) is 8.65. The fourth-order valence-corrected chi connectivity index (χ4v) is 3.13. The second-order valence-electron chi connectivity index (χ2n) is 6.56. The zero-order chi connectivity index (χ0) is 18.6. The fourth-order valence-electron chi connectivity index (χ4n) is 3.13. The van der Waals surface area contributed by atoms with Crippen molar-refractivity contribution in [2.45, 2.75) is 32.1 Å². The summed E-state index contributed by atoms with van der Waals surface area (Å²) in [5.74, 6) is -0.450. The minimum absolute atomic E-state index is 0.356. The van der Waals surface area contributed by atoms with Gasteiger partial charge in [0.2, 0.25) is 0 Å². The van der Waals surface area contributed by atoms with Crippen molar-refractivity contribution >= 4 is 23.3 Å². The highest BCUT2D eigenvalue weighted by atomic mass is 16.6. The van der Waals surface area contributed by atoms with E-state index >= 15 is 0 Å². The summed E-state index contributed by atoms with van der Waals surface area (Å²) >= 11 is 0. The Morgan fingerprint density at radius 3 is 1.46 bits per heavy atom. The van der Waals surface area contributed by atoms with Gasteiger partial charge in [0, 0.05) is 11.4 Å². The smallest absolute Gasteiger partial charge is 0.328 e. The van der Waals surface area contributed by atoms with E-state index in [1.165, 1.54) is 0 Å². The Hall–Kier alpha value is -3.02. The third-order valence-electron chi connectivity index (χ3n) is 4.67. The standard InChI is InChI=1S/C20H22N2O4/c21-14-4-8-16(9-5-14)25-18(23)20(12-2-1-3-13-20)19(24)26-17-10-6-15(22)7-11-17/h4-11H,1-3,12-13,21-22H2. The van der Waals surface area contributed by atoms with Crippen LogP contribution in [0, 0.1) is 5.41 Å². The summed E-state index contributed by atoms with van der Waals surface area (Å²) in [6.45, 7) is 0. The second kappa shape index (κ2) is 7.47. The molecule has 0 saturated heterocycles. The summed E-state index contributed by atoms with van der Waals surface area (Å²) < 4.78 is 10.9. The molecule has 0 unspecified atom stereocenters. The average Bonchev–Trinajstić information content (AvgIpc) is 2.66. The minimum atomic E-state index is -1.29. The molecule has 6 nitrogen and oxygen atoms in total. The third kappa shape index (κ3) is 3.79. The fraction of sp³-hybridized carbons (Fsp3) is 0.300. The van der Waals surface area contributed by atoms with Crippen molar-refractivity contribution in [2.24, 2.45) is 5.41 Å².